The molecule has 5 heteroatoms. The number of urea groups is 1. The number of hydrogen-bond donors (Lipinski definition) is 2. The predicted molar refractivity (Wildman–Crippen MR) is 39.0 cm³/mol. The van der Waals surface area contributed by atoms with E-state index in [0.29, 0.717) is 13.1 Å². The number of carbonyl (C=O) groups excluding carboxylic acids is 1. The van der Waals surface area contributed by atoms with Crippen molar-refractivity contribution in [1.29, 1.82) is 0 Å². The van der Waals surface area contributed by atoms with Crippen LogP contribution >= 0.6 is 0 Å². The summed E-state index contributed by atoms with van der Waals surface area (Å²) >= 11 is 0. The molecule has 0 radical (unpaired) electrons. The van der Waals surface area contributed by atoms with Crippen LogP contribution in [0.4, 0.5) is 4.79 Å². The quantitative estimate of drug-likeness (QED) is 0.388. The van der Waals surface area contributed by atoms with Crippen LogP contribution in [0.3, 0.4) is 0 Å². The Morgan fingerprint density at radius 2 is 1.90 bits per heavy atom. The van der Waals surface area contributed by atoms with Gasteiger partial charge in [-0.05, 0) is 0 Å². The molecule has 0 aliphatic rings. The molecule has 5 nitrogen and oxygen atoms in total. The fourth-order valence-corrected chi connectivity index (χ4v) is 0.418. The Hall–Kier alpha value is -0.810. The maximum Gasteiger partial charge on any atom is 0.314 e. The number of carbonyl (C=O) groups is 1. The first-order chi connectivity index (χ1) is 4.54. The van der Waals surface area contributed by atoms with Crippen molar-refractivity contribution >= 4 is 6.03 Å². The second-order valence-corrected chi connectivity index (χ2v) is 2.24. The van der Waals surface area contributed by atoms with Crippen molar-refractivity contribution in [1.82, 2.24) is 9.91 Å². The zero-order valence-electron chi connectivity index (χ0n) is 6.37. The maximum atomic E-state index is 10.4. The van der Waals surface area contributed by atoms with Crippen molar-refractivity contribution in [3.63, 3.8) is 0 Å². The molecule has 0 unspecified atom stereocenters. The Morgan fingerprint density at radius 3 is 2.20 bits per heavy atom. The standard InChI is InChI=1S/C5H14N4O/c1-8(5(6)10)3-4-9(2)7/h3-4,7H2,1-2H3,(H2,6,10). The predicted octanol–water partition coefficient (Wildman–Crippen LogP) is -1.20. The van der Waals surface area contributed by atoms with Gasteiger partial charge in [-0.3, -0.25) is 5.84 Å². The van der Waals surface area contributed by atoms with Crippen molar-refractivity contribution in [3.05, 3.63) is 0 Å². The van der Waals surface area contributed by atoms with Crippen molar-refractivity contribution in [3.8, 4) is 0 Å². The van der Waals surface area contributed by atoms with Crippen molar-refractivity contribution in [2.24, 2.45) is 11.6 Å². The Labute approximate surface area is 60.5 Å². The molecule has 0 heterocycles. The summed E-state index contributed by atoms with van der Waals surface area (Å²) in [5.74, 6) is 5.30. The Kier molecular flexibility index (Phi) is 3.75. The van der Waals surface area contributed by atoms with Gasteiger partial charge in [0, 0.05) is 27.2 Å². The molecule has 0 aromatic carbocycles. The van der Waals surface area contributed by atoms with Gasteiger partial charge in [0.15, 0.2) is 0 Å². The minimum absolute atomic E-state index is 0.429. The number of likely N-dealkylation sites (N-methyl/N-ethyl adjacent to an activating group) is 2. The molecule has 0 atom stereocenters. The molecule has 0 fully saturated rings. The van der Waals surface area contributed by atoms with E-state index in [9.17, 15) is 4.79 Å². The lowest BCUT2D eigenvalue weighted by Gasteiger charge is -2.16. The van der Waals surface area contributed by atoms with Gasteiger partial charge in [0.2, 0.25) is 0 Å². The normalized spacial score (nSPS) is 10.0. The molecule has 4 N–H and O–H groups in total. The SMILES string of the molecule is CN(N)CCN(C)C(N)=O. The first-order valence-corrected chi connectivity index (χ1v) is 3.00. The molecule has 0 aromatic heterocycles. The number of hydrogen-bond acceptors (Lipinski definition) is 3. The van der Waals surface area contributed by atoms with Crippen LogP contribution in [0.25, 0.3) is 0 Å². The zero-order chi connectivity index (χ0) is 8.15. The third-order valence-corrected chi connectivity index (χ3v) is 1.16. The highest BCUT2D eigenvalue weighted by Gasteiger charge is 2.01. The summed E-state index contributed by atoms with van der Waals surface area (Å²) in [6, 6.07) is -0.429. The molecule has 0 aromatic rings. The lowest BCUT2D eigenvalue weighted by molar-refractivity contribution is 0.210. The van der Waals surface area contributed by atoms with E-state index in [1.807, 2.05) is 0 Å². The summed E-state index contributed by atoms with van der Waals surface area (Å²) < 4.78 is 0. The molecule has 2 amide bonds. The summed E-state index contributed by atoms with van der Waals surface area (Å²) in [6.07, 6.45) is 0. The third kappa shape index (κ3) is 4.11. The zero-order valence-corrected chi connectivity index (χ0v) is 6.37. The maximum absolute atomic E-state index is 10.4. The van der Waals surface area contributed by atoms with E-state index >= 15 is 0 Å². The summed E-state index contributed by atoms with van der Waals surface area (Å²) in [5.41, 5.74) is 4.95. The Balaban J connectivity index is 3.40. The highest BCUT2D eigenvalue weighted by atomic mass is 16.2. The second-order valence-electron chi connectivity index (χ2n) is 2.24. The minimum atomic E-state index is -0.429. The van der Waals surface area contributed by atoms with Crippen LogP contribution in [0.5, 0.6) is 0 Å². The van der Waals surface area contributed by atoms with Gasteiger partial charge in [-0.1, -0.05) is 0 Å². The highest BCUT2D eigenvalue weighted by Crippen LogP contribution is 1.80. The van der Waals surface area contributed by atoms with Crippen LogP contribution in [0.15, 0.2) is 0 Å². The minimum Gasteiger partial charge on any atom is -0.351 e. The molecule has 0 saturated heterocycles. The van der Waals surface area contributed by atoms with Crippen LogP contribution in [0.1, 0.15) is 0 Å². The highest BCUT2D eigenvalue weighted by molar-refractivity contribution is 5.71. The number of amides is 2. The summed E-state index contributed by atoms with van der Waals surface area (Å²) in [6.45, 7) is 1.18. The van der Waals surface area contributed by atoms with Crippen molar-refractivity contribution < 1.29 is 4.79 Å². The van der Waals surface area contributed by atoms with Gasteiger partial charge in [-0.15, -0.1) is 0 Å². The molecule has 0 aliphatic heterocycles. The monoisotopic (exact) mass is 146 g/mol. The Morgan fingerprint density at radius 1 is 1.40 bits per heavy atom. The third-order valence-electron chi connectivity index (χ3n) is 1.16. The van der Waals surface area contributed by atoms with Gasteiger partial charge in [-0.25, -0.2) is 9.80 Å². The second kappa shape index (κ2) is 4.08. The molecule has 60 valence electrons. The Bertz CT molecular complexity index is 114. The number of rotatable bonds is 3. The summed E-state index contributed by atoms with van der Waals surface area (Å²) in [4.78, 5) is 11.8. The van der Waals surface area contributed by atoms with Crippen LogP contribution in [-0.2, 0) is 0 Å². The molecular formula is C5H14N4O. The smallest absolute Gasteiger partial charge is 0.314 e. The van der Waals surface area contributed by atoms with Crippen LogP contribution < -0.4 is 11.6 Å². The first kappa shape index (κ1) is 9.19. The van der Waals surface area contributed by atoms with Gasteiger partial charge >= 0.3 is 6.03 Å². The van der Waals surface area contributed by atoms with Crippen LogP contribution in [0.2, 0.25) is 0 Å². The number of hydrazine groups is 1. The molecule has 10 heavy (non-hydrogen) atoms. The van der Waals surface area contributed by atoms with E-state index in [1.165, 1.54) is 9.91 Å². The molecule has 0 spiro atoms. The molecule has 0 saturated carbocycles. The van der Waals surface area contributed by atoms with Gasteiger partial charge in [0.05, 0.1) is 0 Å². The van der Waals surface area contributed by atoms with E-state index in [2.05, 4.69) is 0 Å². The van der Waals surface area contributed by atoms with E-state index in [1.54, 1.807) is 14.1 Å². The summed E-state index contributed by atoms with van der Waals surface area (Å²) in [7, 11) is 3.36. The van der Waals surface area contributed by atoms with Gasteiger partial charge < -0.3 is 10.6 Å². The van der Waals surface area contributed by atoms with Gasteiger partial charge in [0.25, 0.3) is 0 Å². The molecule has 0 aliphatic carbocycles. The fourth-order valence-electron chi connectivity index (χ4n) is 0.418. The molecule has 0 rings (SSSR count). The van der Waals surface area contributed by atoms with Crippen LogP contribution in [0, 0.1) is 0 Å². The van der Waals surface area contributed by atoms with Crippen molar-refractivity contribution in [2.45, 2.75) is 0 Å². The van der Waals surface area contributed by atoms with Gasteiger partial charge in [0.1, 0.15) is 0 Å². The lowest BCUT2D eigenvalue weighted by Crippen LogP contribution is -2.39. The number of nitrogens with zero attached hydrogens (tertiary/aromatic N) is 2. The average Bonchev–Trinajstić information content (AvgIpc) is 1.82. The number of primary amides is 1. The van der Waals surface area contributed by atoms with E-state index in [-0.39, 0.29) is 0 Å². The van der Waals surface area contributed by atoms with Gasteiger partial charge in [-0.2, -0.15) is 0 Å². The average molecular weight is 146 g/mol. The fraction of sp³-hybridized carbons (Fsp3) is 0.800. The van der Waals surface area contributed by atoms with E-state index in [0.717, 1.165) is 0 Å². The van der Waals surface area contributed by atoms with Crippen molar-refractivity contribution in [2.75, 3.05) is 27.2 Å². The summed E-state index contributed by atoms with van der Waals surface area (Å²) in [5, 5.41) is 1.50. The first-order valence-electron chi connectivity index (χ1n) is 3.00. The van der Waals surface area contributed by atoms with E-state index in [4.69, 9.17) is 11.6 Å². The molecular weight excluding hydrogens is 132 g/mol. The lowest BCUT2D eigenvalue weighted by atomic mass is 10.5. The largest absolute Gasteiger partial charge is 0.351 e. The topological polar surface area (TPSA) is 75.6 Å². The number of nitrogens with two attached hydrogens (primary N) is 2. The van der Waals surface area contributed by atoms with E-state index < -0.39 is 6.03 Å². The molecule has 0 bridgehead atoms. The van der Waals surface area contributed by atoms with Crippen LogP contribution in [-0.4, -0.2) is 43.1 Å².